The van der Waals surface area contributed by atoms with E-state index in [1.165, 1.54) is 0 Å². The Morgan fingerprint density at radius 2 is 1.93 bits per heavy atom. The fraction of sp³-hybridized carbons (Fsp3) is 0.409. The first-order valence-corrected chi connectivity index (χ1v) is 10.0. The van der Waals surface area contributed by atoms with E-state index in [4.69, 9.17) is 9.52 Å². The first-order chi connectivity index (χ1) is 13.7. The zero-order valence-corrected chi connectivity index (χ0v) is 16.9. The second-order valence-corrected chi connectivity index (χ2v) is 6.77. The number of fused-ring (bicyclic) bond motifs is 1. The second-order valence-electron chi connectivity index (χ2n) is 6.77. The van der Waals surface area contributed by atoms with Crippen LogP contribution < -0.4 is 10.6 Å². The zero-order chi connectivity index (χ0) is 19.8. The molecule has 2 heterocycles. The van der Waals surface area contributed by atoms with Gasteiger partial charge in [-0.15, -0.1) is 0 Å². The lowest BCUT2D eigenvalue weighted by atomic mass is 9.99. The molecule has 2 N–H and O–H groups in total. The van der Waals surface area contributed by atoms with Crippen LogP contribution in [0.2, 0.25) is 0 Å². The molecule has 0 fully saturated rings. The van der Waals surface area contributed by atoms with Gasteiger partial charge in [0, 0.05) is 30.1 Å². The quantitative estimate of drug-likeness (QED) is 0.449. The van der Waals surface area contributed by atoms with Crippen LogP contribution in [-0.2, 0) is 13.1 Å². The Bertz CT molecular complexity index is 909. The maximum absolute atomic E-state index is 5.49. The van der Waals surface area contributed by atoms with Crippen LogP contribution in [0.25, 0.3) is 10.9 Å². The summed E-state index contributed by atoms with van der Waals surface area (Å²) in [6.07, 6.45) is 3.96. The van der Waals surface area contributed by atoms with E-state index in [2.05, 4.69) is 59.7 Å². The van der Waals surface area contributed by atoms with Crippen LogP contribution in [0, 0.1) is 0 Å². The molecule has 3 rings (SSSR count). The van der Waals surface area contributed by atoms with E-state index >= 15 is 0 Å². The number of nitrogens with zero attached hydrogens (tertiary/aromatic N) is 3. The van der Waals surface area contributed by atoms with Gasteiger partial charge in [-0.3, -0.25) is 4.98 Å². The fourth-order valence-corrected chi connectivity index (χ4v) is 3.28. The molecule has 0 bridgehead atoms. The van der Waals surface area contributed by atoms with Crippen molar-refractivity contribution in [3.05, 3.63) is 59.6 Å². The van der Waals surface area contributed by atoms with Crippen LogP contribution in [0.15, 0.2) is 52.1 Å². The van der Waals surface area contributed by atoms with Gasteiger partial charge in [0.25, 0.3) is 0 Å². The van der Waals surface area contributed by atoms with E-state index in [-0.39, 0.29) is 0 Å². The molecule has 0 saturated heterocycles. The minimum atomic E-state index is 0.457. The monoisotopic (exact) mass is 379 g/mol. The summed E-state index contributed by atoms with van der Waals surface area (Å²) in [5.74, 6) is 2.02. The predicted molar refractivity (Wildman–Crippen MR) is 113 cm³/mol. The van der Waals surface area contributed by atoms with Gasteiger partial charge in [-0.1, -0.05) is 43.3 Å². The number of nitrogens with one attached hydrogen (secondary N) is 2. The van der Waals surface area contributed by atoms with Crippen molar-refractivity contribution < 1.29 is 4.52 Å². The lowest BCUT2D eigenvalue weighted by molar-refractivity contribution is 0.368. The summed E-state index contributed by atoms with van der Waals surface area (Å²) in [7, 11) is 0. The molecular weight excluding hydrogens is 350 g/mol. The third kappa shape index (κ3) is 4.88. The third-order valence-corrected chi connectivity index (χ3v) is 4.88. The van der Waals surface area contributed by atoms with E-state index in [9.17, 15) is 0 Å². The molecule has 0 atom stereocenters. The van der Waals surface area contributed by atoms with Gasteiger partial charge in [0.2, 0.25) is 0 Å². The fourth-order valence-electron chi connectivity index (χ4n) is 3.28. The molecule has 6 heteroatoms. The van der Waals surface area contributed by atoms with Crippen molar-refractivity contribution in [2.45, 2.75) is 52.6 Å². The smallest absolute Gasteiger partial charge is 0.191 e. The topological polar surface area (TPSA) is 75.3 Å². The van der Waals surface area contributed by atoms with Crippen molar-refractivity contribution in [1.29, 1.82) is 0 Å². The van der Waals surface area contributed by atoms with E-state index in [1.807, 2.05) is 24.4 Å². The van der Waals surface area contributed by atoms with Crippen LogP contribution in [0.1, 0.15) is 56.5 Å². The first-order valence-electron chi connectivity index (χ1n) is 10.0. The molecule has 0 radical (unpaired) electrons. The number of hydrogen-bond acceptors (Lipinski definition) is 4. The summed E-state index contributed by atoms with van der Waals surface area (Å²) in [6.45, 7) is 8.30. The Balaban J connectivity index is 1.68. The van der Waals surface area contributed by atoms with Gasteiger partial charge in [0.15, 0.2) is 11.7 Å². The van der Waals surface area contributed by atoms with Crippen molar-refractivity contribution in [3.8, 4) is 0 Å². The number of aliphatic imine (C=N–C) groups is 1. The third-order valence-electron chi connectivity index (χ3n) is 4.88. The Hall–Kier alpha value is -2.89. The molecule has 6 nitrogen and oxygen atoms in total. The summed E-state index contributed by atoms with van der Waals surface area (Å²) in [5.41, 5.74) is 3.13. The van der Waals surface area contributed by atoms with Crippen LogP contribution in [0.5, 0.6) is 0 Å². The number of guanidine groups is 1. The van der Waals surface area contributed by atoms with Gasteiger partial charge in [-0.05, 0) is 31.4 Å². The highest BCUT2D eigenvalue weighted by Gasteiger charge is 2.13. The number of hydrogen-bond donors (Lipinski definition) is 2. The molecule has 0 saturated carbocycles. The average Bonchev–Trinajstić information content (AvgIpc) is 3.20. The molecule has 0 spiro atoms. The summed E-state index contributed by atoms with van der Waals surface area (Å²) in [5, 5.41) is 12.0. The molecular formula is C22H29N5O. The number of para-hydroxylation sites is 1. The van der Waals surface area contributed by atoms with E-state index in [1.54, 1.807) is 0 Å². The van der Waals surface area contributed by atoms with Gasteiger partial charge >= 0.3 is 0 Å². The molecule has 0 aliphatic carbocycles. The van der Waals surface area contributed by atoms with Crippen LogP contribution in [0.4, 0.5) is 0 Å². The Kier molecular flexibility index (Phi) is 7.00. The number of benzene rings is 1. The molecule has 0 aliphatic rings. The van der Waals surface area contributed by atoms with Gasteiger partial charge in [0.05, 0.1) is 24.3 Å². The summed E-state index contributed by atoms with van der Waals surface area (Å²) >= 11 is 0. The molecule has 1 aromatic carbocycles. The molecule has 0 aliphatic heterocycles. The minimum absolute atomic E-state index is 0.457. The zero-order valence-electron chi connectivity index (χ0n) is 16.9. The van der Waals surface area contributed by atoms with E-state index in [0.29, 0.717) is 19.0 Å². The van der Waals surface area contributed by atoms with Gasteiger partial charge < -0.3 is 15.2 Å². The number of aromatic nitrogens is 2. The normalized spacial score (nSPS) is 11.9. The maximum Gasteiger partial charge on any atom is 0.191 e. The summed E-state index contributed by atoms with van der Waals surface area (Å²) < 4.78 is 5.49. The molecule has 0 unspecified atom stereocenters. The van der Waals surface area contributed by atoms with Crippen molar-refractivity contribution in [2.24, 2.45) is 4.99 Å². The standard InChI is InChI=1S/C22H29N5O/c1-4-16(5-2)20-13-19(28-27-20)15-26-22(23-6-3)25-14-18-10-7-9-17-11-8-12-24-21(17)18/h7-13,16H,4-6,14-15H2,1-3H3,(H2,23,25,26). The molecule has 2 aromatic heterocycles. The molecule has 28 heavy (non-hydrogen) atoms. The highest BCUT2D eigenvalue weighted by molar-refractivity contribution is 5.83. The Labute approximate surface area is 166 Å². The van der Waals surface area contributed by atoms with Gasteiger partial charge in [-0.2, -0.15) is 0 Å². The molecule has 148 valence electrons. The summed E-state index contributed by atoms with van der Waals surface area (Å²) in [6, 6.07) is 12.3. The molecule has 3 aromatic rings. The predicted octanol–water partition coefficient (Wildman–Crippen LogP) is 4.38. The Morgan fingerprint density at radius 3 is 2.71 bits per heavy atom. The molecule has 0 amide bonds. The average molecular weight is 380 g/mol. The lowest BCUT2D eigenvalue weighted by Gasteiger charge is -2.10. The van der Waals surface area contributed by atoms with Gasteiger partial charge in [-0.25, -0.2) is 4.99 Å². The minimum Gasteiger partial charge on any atom is -0.359 e. The number of pyridine rings is 1. The lowest BCUT2D eigenvalue weighted by Crippen LogP contribution is -2.36. The Morgan fingerprint density at radius 1 is 1.11 bits per heavy atom. The van der Waals surface area contributed by atoms with E-state index in [0.717, 1.165) is 53.3 Å². The summed E-state index contributed by atoms with van der Waals surface area (Å²) in [4.78, 5) is 9.22. The largest absolute Gasteiger partial charge is 0.359 e. The van der Waals surface area contributed by atoms with Crippen molar-refractivity contribution in [3.63, 3.8) is 0 Å². The highest BCUT2D eigenvalue weighted by atomic mass is 16.5. The van der Waals surface area contributed by atoms with Crippen molar-refractivity contribution >= 4 is 16.9 Å². The van der Waals surface area contributed by atoms with Crippen LogP contribution in [-0.4, -0.2) is 22.6 Å². The maximum atomic E-state index is 5.49. The van der Waals surface area contributed by atoms with Gasteiger partial charge in [0.1, 0.15) is 0 Å². The second kappa shape index (κ2) is 9.88. The van der Waals surface area contributed by atoms with Crippen molar-refractivity contribution in [2.75, 3.05) is 6.54 Å². The van der Waals surface area contributed by atoms with E-state index < -0.39 is 0 Å². The first kappa shape index (κ1) is 19.9. The van der Waals surface area contributed by atoms with Crippen molar-refractivity contribution in [1.82, 2.24) is 20.8 Å². The number of rotatable bonds is 8. The SMILES string of the molecule is CCNC(=NCc1cccc2cccnc12)NCc1cc(C(CC)CC)no1. The highest BCUT2D eigenvalue weighted by Crippen LogP contribution is 2.22. The van der Waals surface area contributed by atoms with Crippen LogP contribution >= 0.6 is 0 Å². The van der Waals surface area contributed by atoms with Crippen LogP contribution in [0.3, 0.4) is 0 Å².